The average molecular weight is 412 g/mol. The molecule has 0 aliphatic heterocycles. The number of thioether (sulfide) groups is 1. The molecule has 0 radical (unpaired) electrons. The van der Waals surface area contributed by atoms with Gasteiger partial charge in [-0.3, -0.25) is 4.79 Å². The molecule has 1 unspecified atom stereocenters. The lowest BCUT2D eigenvalue weighted by Gasteiger charge is -2.14. The number of nitrogens with one attached hydrogen (secondary N) is 1. The maximum absolute atomic E-state index is 12.6. The third kappa shape index (κ3) is 4.89. The summed E-state index contributed by atoms with van der Waals surface area (Å²) in [7, 11) is 7.49. The summed E-state index contributed by atoms with van der Waals surface area (Å²) in [5, 5.41) is 11.8. The van der Waals surface area contributed by atoms with Gasteiger partial charge < -0.3 is 19.5 Å². The van der Waals surface area contributed by atoms with E-state index in [1.54, 1.807) is 7.11 Å². The molecule has 0 aliphatic rings. The van der Waals surface area contributed by atoms with Gasteiger partial charge in [-0.15, -0.1) is 10.2 Å². The number of hydrogen-bond donors (Lipinski definition) is 1. The van der Waals surface area contributed by atoms with Crippen molar-refractivity contribution in [2.24, 2.45) is 7.05 Å². The molecule has 1 N–H and O–H groups in total. The second kappa shape index (κ2) is 9.00. The first-order valence-electron chi connectivity index (χ1n) is 9.17. The molecular weight excluding hydrogens is 386 g/mol. The Morgan fingerprint density at radius 1 is 1.10 bits per heavy atom. The molecule has 3 rings (SSSR count). The fraction of sp³-hybridized carbons (Fsp3) is 0.286. The molecule has 0 saturated carbocycles. The van der Waals surface area contributed by atoms with Crippen LogP contribution in [-0.2, 0) is 11.8 Å². The maximum Gasteiger partial charge on any atom is 0.237 e. The highest BCUT2D eigenvalue weighted by atomic mass is 32.2. The van der Waals surface area contributed by atoms with E-state index in [0.29, 0.717) is 5.16 Å². The van der Waals surface area contributed by atoms with Crippen LogP contribution >= 0.6 is 11.8 Å². The lowest BCUT2D eigenvalue weighted by Crippen LogP contribution is -2.22. The smallest absolute Gasteiger partial charge is 0.237 e. The highest BCUT2D eigenvalue weighted by molar-refractivity contribution is 8.00. The lowest BCUT2D eigenvalue weighted by atomic mass is 10.2. The Kier molecular flexibility index (Phi) is 6.43. The van der Waals surface area contributed by atoms with Gasteiger partial charge in [0.1, 0.15) is 5.75 Å². The minimum absolute atomic E-state index is 0.0819. The first-order valence-corrected chi connectivity index (χ1v) is 10.1. The van der Waals surface area contributed by atoms with Crippen LogP contribution in [0.2, 0.25) is 0 Å². The molecule has 0 fully saturated rings. The number of aromatic nitrogens is 3. The van der Waals surface area contributed by atoms with Crippen molar-refractivity contribution in [1.29, 1.82) is 0 Å². The van der Waals surface area contributed by atoms with Crippen LogP contribution in [0.1, 0.15) is 6.92 Å². The van der Waals surface area contributed by atoms with Crippen molar-refractivity contribution in [1.82, 2.24) is 14.8 Å². The monoisotopic (exact) mass is 411 g/mol. The second-order valence-electron chi connectivity index (χ2n) is 6.78. The third-order valence-corrected chi connectivity index (χ3v) is 5.62. The standard InChI is InChI=1S/C21H25N5O2S/c1-14(20(27)22-16-8-10-17(11-9-16)25(2)3)29-21-24-23-19(26(21)4)15-6-12-18(28-5)13-7-15/h6-14H,1-5H3,(H,22,27). The van der Waals surface area contributed by atoms with Crippen molar-refractivity contribution in [3.05, 3.63) is 48.5 Å². The molecule has 1 aromatic heterocycles. The summed E-state index contributed by atoms with van der Waals surface area (Å²) < 4.78 is 7.08. The van der Waals surface area contributed by atoms with Gasteiger partial charge in [0.2, 0.25) is 5.91 Å². The molecule has 7 nitrogen and oxygen atoms in total. The molecule has 0 aliphatic carbocycles. The van der Waals surface area contributed by atoms with Crippen LogP contribution in [-0.4, -0.2) is 47.1 Å². The molecule has 1 heterocycles. The molecule has 1 atom stereocenters. The Bertz CT molecular complexity index is 968. The van der Waals surface area contributed by atoms with Crippen molar-refractivity contribution >= 4 is 29.0 Å². The van der Waals surface area contributed by atoms with Crippen LogP contribution in [0.4, 0.5) is 11.4 Å². The van der Waals surface area contributed by atoms with E-state index < -0.39 is 0 Å². The average Bonchev–Trinajstić information content (AvgIpc) is 3.08. The van der Waals surface area contributed by atoms with E-state index in [9.17, 15) is 4.79 Å². The van der Waals surface area contributed by atoms with Gasteiger partial charge >= 0.3 is 0 Å². The van der Waals surface area contributed by atoms with Gasteiger partial charge in [0.25, 0.3) is 0 Å². The Morgan fingerprint density at radius 2 is 1.76 bits per heavy atom. The van der Waals surface area contributed by atoms with E-state index in [4.69, 9.17) is 4.74 Å². The van der Waals surface area contributed by atoms with Gasteiger partial charge in [0, 0.05) is 38.1 Å². The van der Waals surface area contributed by atoms with E-state index >= 15 is 0 Å². The largest absolute Gasteiger partial charge is 0.497 e. The first kappa shape index (κ1) is 20.7. The Morgan fingerprint density at radius 3 is 2.34 bits per heavy atom. The van der Waals surface area contributed by atoms with E-state index in [1.165, 1.54) is 11.8 Å². The fourth-order valence-electron chi connectivity index (χ4n) is 2.71. The van der Waals surface area contributed by atoms with E-state index in [-0.39, 0.29) is 11.2 Å². The molecule has 0 bridgehead atoms. The van der Waals surface area contributed by atoms with Gasteiger partial charge in [-0.05, 0) is 55.5 Å². The second-order valence-corrected chi connectivity index (χ2v) is 8.09. The summed E-state index contributed by atoms with van der Waals surface area (Å²) in [6.07, 6.45) is 0. The van der Waals surface area contributed by atoms with Crippen LogP contribution < -0.4 is 15.0 Å². The van der Waals surface area contributed by atoms with Crippen molar-refractivity contribution in [3.8, 4) is 17.1 Å². The van der Waals surface area contributed by atoms with E-state index in [0.717, 1.165) is 28.5 Å². The Hall–Kier alpha value is -3.00. The van der Waals surface area contributed by atoms with Crippen molar-refractivity contribution in [2.45, 2.75) is 17.3 Å². The number of nitrogens with zero attached hydrogens (tertiary/aromatic N) is 4. The molecule has 0 spiro atoms. The van der Waals surface area contributed by atoms with Gasteiger partial charge in [-0.25, -0.2) is 0 Å². The zero-order chi connectivity index (χ0) is 21.0. The van der Waals surface area contributed by atoms with Crippen molar-refractivity contribution in [3.63, 3.8) is 0 Å². The number of ether oxygens (including phenoxy) is 1. The topological polar surface area (TPSA) is 72.3 Å². The summed E-state index contributed by atoms with van der Waals surface area (Å²) in [6.45, 7) is 1.86. The highest BCUT2D eigenvalue weighted by Gasteiger charge is 2.19. The molecule has 0 saturated heterocycles. The van der Waals surface area contributed by atoms with Crippen LogP contribution in [0.5, 0.6) is 5.75 Å². The lowest BCUT2D eigenvalue weighted by molar-refractivity contribution is -0.115. The first-order chi connectivity index (χ1) is 13.9. The highest BCUT2D eigenvalue weighted by Crippen LogP contribution is 2.27. The number of carbonyl (C=O) groups excluding carboxylic acids is 1. The van der Waals surface area contributed by atoms with Gasteiger partial charge in [-0.2, -0.15) is 0 Å². The van der Waals surface area contributed by atoms with Crippen molar-refractivity contribution < 1.29 is 9.53 Å². The van der Waals surface area contributed by atoms with Gasteiger partial charge in [0.05, 0.1) is 12.4 Å². The zero-order valence-corrected chi connectivity index (χ0v) is 18.0. The normalized spacial score (nSPS) is 11.8. The molecule has 8 heteroatoms. The zero-order valence-electron chi connectivity index (χ0n) is 17.2. The summed E-state index contributed by atoms with van der Waals surface area (Å²) >= 11 is 1.37. The van der Waals surface area contributed by atoms with Crippen LogP contribution in [0, 0.1) is 0 Å². The molecule has 1 amide bonds. The molecule has 3 aromatic rings. The minimum Gasteiger partial charge on any atom is -0.497 e. The van der Waals surface area contributed by atoms with Gasteiger partial charge in [-0.1, -0.05) is 11.8 Å². The predicted octanol–water partition coefficient (Wildman–Crippen LogP) is 3.68. The quantitative estimate of drug-likeness (QED) is 0.598. The number of anilines is 2. The number of carbonyl (C=O) groups is 1. The predicted molar refractivity (Wildman–Crippen MR) is 118 cm³/mol. The molecular formula is C21H25N5O2S. The number of methoxy groups -OCH3 is 1. The summed E-state index contributed by atoms with van der Waals surface area (Å²) in [4.78, 5) is 14.6. The Labute approximate surface area is 175 Å². The van der Waals surface area contributed by atoms with Crippen molar-refractivity contribution in [2.75, 3.05) is 31.4 Å². The maximum atomic E-state index is 12.6. The number of rotatable bonds is 7. The molecule has 152 valence electrons. The number of amides is 1. The number of benzene rings is 2. The summed E-state index contributed by atoms with van der Waals surface area (Å²) in [5.41, 5.74) is 2.78. The fourth-order valence-corrected chi connectivity index (χ4v) is 3.52. The molecule has 29 heavy (non-hydrogen) atoms. The number of hydrogen-bond acceptors (Lipinski definition) is 6. The molecule has 2 aromatic carbocycles. The third-order valence-electron chi connectivity index (χ3n) is 4.49. The summed E-state index contributed by atoms with van der Waals surface area (Å²) in [5.74, 6) is 1.44. The van der Waals surface area contributed by atoms with E-state index in [2.05, 4.69) is 15.5 Å². The van der Waals surface area contributed by atoms with E-state index in [1.807, 2.05) is 86.1 Å². The SMILES string of the molecule is COc1ccc(-c2nnc(SC(C)C(=O)Nc3ccc(N(C)C)cc3)n2C)cc1. The van der Waals surface area contributed by atoms with Crippen LogP contribution in [0.3, 0.4) is 0 Å². The van der Waals surface area contributed by atoms with Gasteiger partial charge in [0.15, 0.2) is 11.0 Å². The van der Waals surface area contributed by atoms with Crippen LogP contribution in [0.15, 0.2) is 53.7 Å². The Balaban J connectivity index is 1.66. The van der Waals surface area contributed by atoms with Crippen LogP contribution in [0.25, 0.3) is 11.4 Å². The summed E-state index contributed by atoms with van der Waals surface area (Å²) in [6, 6.07) is 15.4. The minimum atomic E-state index is -0.324.